The van der Waals surface area contributed by atoms with Crippen LogP contribution in [0.4, 0.5) is 4.79 Å². The summed E-state index contributed by atoms with van der Waals surface area (Å²) in [5, 5.41) is 13.4. The third-order valence-corrected chi connectivity index (χ3v) is 3.68. The van der Waals surface area contributed by atoms with Crippen LogP contribution in [0.15, 0.2) is 17.5 Å². The van der Waals surface area contributed by atoms with Crippen LogP contribution in [0.25, 0.3) is 0 Å². The van der Waals surface area contributed by atoms with Crippen LogP contribution in [0, 0.1) is 5.92 Å². The van der Waals surface area contributed by atoms with Crippen LogP contribution in [-0.2, 0) is 11.2 Å². The molecule has 0 saturated carbocycles. The van der Waals surface area contributed by atoms with Crippen molar-refractivity contribution < 1.29 is 14.7 Å². The molecule has 1 aromatic rings. The lowest BCUT2D eigenvalue weighted by Gasteiger charge is -2.19. The van der Waals surface area contributed by atoms with Gasteiger partial charge in [-0.3, -0.25) is 4.79 Å². The van der Waals surface area contributed by atoms with E-state index in [1.54, 1.807) is 30.2 Å². The molecule has 106 valence electrons. The first-order valence-electron chi connectivity index (χ1n) is 6.22. The van der Waals surface area contributed by atoms with Crippen molar-refractivity contribution >= 4 is 23.3 Å². The Morgan fingerprint density at radius 2 is 2.26 bits per heavy atom. The average molecular weight is 284 g/mol. The predicted octanol–water partition coefficient (Wildman–Crippen LogP) is 2.04. The van der Waals surface area contributed by atoms with Crippen molar-refractivity contribution in [3.05, 3.63) is 22.4 Å². The molecule has 0 saturated heterocycles. The Balaban J connectivity index is 2.22. The highest BCUT2D eigenvalue weighted by molar-refractivity contribution is 7.09. The van der Waals surface area contributed by atoms with Gasteiger partial charge in [-0.25, -0.2) is 4.79 Å². The Bertz CT molecular complexity index is 406. The maximum Gasteiger partial charge on any atom is 0.317 e. The lowest BCUT2D eigenvalue weighted by atomic mass is 10.1. The summed E-state index contributed by atoms with van der Waals surface area (Å²) in [6.07, 6.45) is 0.908. The smallest absolute Gasteiger partial charge is 0.317 e. The van der Waals surface area contributed by atoms with E-state index < -0.39 is 5.97 Å². The summed E-state index contributed by atoms with van der Waals surface area (Å²) in [6.45, 7) is 2.84. The van der Waals surface area contributed by atoms with E-state index in [4.69, 9.17) is 5.11 Å². The molecule has 5 nitrogen and oxygen atoms in total. The van der Waals surface area contributed by atoms with Gasteiger partial charge in [-0.1, -0.05) is 13.0 Å². The molecular formula is C13H20N2O3S. The molecule has 0 aliphatic rings. The number of hydrogen-bond acceptors (Lipinski definition) is 3. The molecule has 0 radical (unpaired) electrons. The lowest BCUT2D eigenvalue weighted by Crippen LogP contribution is -2.40. The second kappa shape index (κ2) is 7.78. The highest BCUT2D eigenvalue weighted by Crippen LogP contribution is 2.09. The topological polar surface area (TPSA) is 69.6 Å². The van der Waals surface area contributed by atoms with Crippen LogP contribution in [0.3, 0.4) is 0 Å². The highest BCUT2D eigenvalue weighted by atomic mass is 32.1. The molecule has 0 aliphatic carbocycles. The van der Waals surface area contributed by atoms with Crippen molar-refractivity contribution in [2.24, 2.45) is 5.92 Å². The third-order valence-electron chi connectivity index (χ3n) is 2.75. The van der Waals surface area contributed by atoms with E-state index >= 15 is 0 Å². The fourth-order valence-corrected chi connectivity index (χ4v) is 2.30. The van der Waals surface area contributed by atoms with Crippen molar-refractivity contribution in [2.45, 2.75) is 19.8 Å². The van der Waals surface area contributed by atoms with Crippen LogP contribution in [-0.4, -0.2) is 42.1 Å². The molecule has 2 amide bonds. The molecule has 19 heavy (non-hydrogen) atoms. The molecule has 1 aromatic heterocycles. The van der Waals surface area contributed by atoms with Crippen molar-refractivity contribution in [3.63, 3.8) is 0 Å². The number of rotatable bonds is 7. The van der Waals surface area contributed by atoms with Crippen molar-refractivity contribution in [2.75, 3.05) is 20.1 Å². The van der Waals surface area contributed by atoms with E-state index in [1.807, 2.05) is 17.5 Å². The Labute approximate surface area is 117 Å². The average Bonchev–Trinajstić information content (AvgIpc) is 2.85. The van der Waals surface area contributed by atoms with Crippen LogP contribution in [0.1, 0.15) is 18.2 Å². The van der Waals surface area contributed by atoms with E-state index in [2.05, 4.69) is 5.32 Å². The zero-order chi connectivity index (χ0) is 14.3. The normalized spacial score (nSPS) is 11.9. The predicted molar refractivity (Wildman–Crippen MR) is 75.5 cm³/mol. The number of hydrogen-bond donors (Lipinski definition) is 2. The number of amides is 2. The summed E-state index contributed by atoms with van der Waals surface area (Å²) in [7, 11) is 1.74. The van der Waals surface area contributed by atoms with Gasteiger partial charge in [-0.2, -0.15) is 0 Å². The minimum absolute atomic E-state index is 0.0628. The number of thiophene rings is 1. The van der Waals surface area contributed by atoms with Gasteiger partial charge in [-0.05, 0) is 23.8 Å². The summed E-state index contributed by atoms with van der Waals surface area (Å²) in [5.74, 6) is -0.903. The summed E-state index contributed by atoms with van der Waals surface area (Å²) in [6, 6.07) is 3.88. The number of nitrogens with zero attached hydrogens (tertiary/aromatic N) is 1. The van der Waals surface area contributed by atoms with Gasteiger partial charge in [0, 0.05) is 31.4 Å². The van der Waals surface area contributed by atoms with Gasteiger partial charge in [0.25, 0.3) is 0 Å². The zero-order valence-electron chi connectivity index (χ0n) is 11.3. The van der Waals surface area contributed by atoms with Gasteiger partial charge in [0.2, 0.25) is 0 Å². The minimum atomic E-state index is -0.840. The van der Waals surface area contributed by atoms with E-state index in [9.17, 15) is 9.59 Å². The van der Waals surface area contributed by atoms with Gasteiger partial charge in [0.15, 0.2) is 0 Å². The van der Waals surface area contributed by atoms with Crippen molar-refractivity contribution in [3.8, 4) is 0 Å². The first-order chi connectivity index (χ1) is 8.99. The minimum Gasteiger partial charge on any atom is -0.481 e. The SMILES string of the molecule is CC(CNC(=O)N(C)CCc1cccs1)CC(=O)O. The maximum atomic E-state index is 11.8. The number of urea groups is 1. The maximum absolute atomic E-state index is 11.8. The van der Waals surface area contributed by atoms with E-state index in [0.717, 1.165) is 6.42 Å². The molecule has 0 fully saturated rings. The Kier molecular flexibility index (Phi) is 6.35. The van der Waals surface area contributed by atoms with E-state index in [1.165, 1.54) is 4.88 Å². The summed E-state index contributed by atoms with van der Waals surface area (Å²) in [4.78, 5) is 25.1. The van der Waals surface area contributed by atoms with Gasteiger partial charge < -0.3 is 15.3 Å². The van der Waals surface area contributed by atoms with E-state index in [0.29, 0.717) is 13.1 Å². The fourth-order valence-electron chi connectivity index (χ4n) is 1.60. The van der Waals surface area contributed by atoms with Gasteiger partial charge in [0.05, 0.1) is 0 Å². The van der Waals surface area contributed by atoms with Crippen LogP contribution in [0.2, 0.25) is 0 Å². The van der Waals surface area contributed by atoms with Crippen LogP contribution >= 0.6 is 11.3 Å². The molecular weight excluding hydrogens is 264 g/mol. The Morgan fingerprint density at radius 3 is 2.84 bits per heavy atom. The fraction of sp³-hybridized carbons (Fsp3) is 0.538. The molecule has 2 N–H and O–H groups in total. The quantitative estimate of drug-likeness (QED) is 0.805. The van der Waals surface area contributed by atoms with Crippen LogP contribution < -0.4 is 5.32 Å². The summed E-state index contributed by atoms with van der Waals surface area (Å²) >= 11 is 1.68. The molecule has 1 unspecified atom stereocenters. The molecule has 1 rings (SSSR count). The molecule has 0 bridgehead atoms. The Morgan fingerprint density at radius 1 is 1.53 bits per heavy atom. The molecule has 6 heteroatoms. The van der Waals surface area contributed by atoms with Gasteiger partial charge in [0.1, 0.15) is 0 Å². The number of carboxylic acids is 1. The number of carbonyl (C=O) groups excluding carboxylic acids is 1. The highest BCUT2D eigenvalue weighted by Gasteiger charge is 2.12. The molecule has 0 aromatic carbocycles. The van der Waals surface area contributed by atoms with Crippen molar-refractivity contribution in [1.29, 1.82) is 0 Å². The third kappa shape index (κ3) is 6.24. The largest absolute Gasteiger partial charge is 0.481 e. The van der Waals surface area contributed by atoms with Gasteiger partial charge >= 0.3 is 12.0 Å². The van der Waals surface area contributed by atoms with E-state index in [-0.39, 0.29) is 18.4 Å². The number of carboxylic acid groups (broad SMARTS) is 1. The molecule has 0 aliphatic heterocycles. The lowest BCUT2D eigenvalue weighted by molar-refractivity contribution is -0.137. The number of aliphatic carboxylic acids is 1. The second-order valence-corrected chi connectivity index (χ2v) is 5.67. The monoisotopic (exact) mass is 284 g/mol. The van der Waals surface area contributed by atoms with Crippen LogP contribution in [0.5, 0.6) is 0 Å². The summed E-state index contributed by atoms with van der Waals surface area (Å²) < 4.78 is 0. The first kappa shape index (κ1) is 15.5. The molecule has 0 spiro atoms. The first-order valence-corrected chi connectivity index (χ1v) is 7.10. The standard InChI is InChI=1S/C13H20N2O3S/c1-10(8-12(16)17)9-14-13(18)15(2)6-5-11-4-3-7-19-11/h3-4,7,10H,5-6,8-9H2,1-2H3,(H,14,18)(H,16,17). The Hall–Kier alpha value is -1.56. The molecule has 1 heterocycles. The number of likely N-dealkylation sites (N-methyl/N-ethyl adjacent to an activating group) is 1. The second-order valence-electron chi connectivity index (χ2n) is 4.64. The number of carbonyl (C=O) groups is 2. The molecule has 1 atom stereocenters. The summed E-state index contributed by atoms with van der Waals surface area (Å²) in [5.41, 5.74) is 0. The number of nitrogens with one attached hydrogen (secondary N) is 1. The van der Waals surface area contributed by atoms with Crippen molar-refractivity contribution in [1.82, 2.24) is 10.2 Å². The van der Waals surface area contributed by atoms with Gasteiger partial charge in [-0.15, -0.1) is 11.3 Å². The zero-order valence-corrected chi connectivity index (χ0v) is 12.1.